The zero-order valence-corrected chi connectivity index (χ0v) is 12.4. The van der Waals surface area contributed by atoms with Crippen molar-refractivity contribution in [1.29, 1.82) is 0 Å². The maximum absolute atomic E-state index is 13.3. The van der Waals surface area contributed by atoms with Gasteiger partial charge in [-0.25, -0.2) is 13.2 Å². The molecule has 0 amide bonds. The Bertz CT molecular complexity index is 698. The van der Waals surface area contributed by atoms with Gasteiger partial charge in [0.15, 0.2) is 17.5 Å². The van der Waals surface area contributed by atoms with Crippen molar-refractivity contribution in [2.24, 2.45) is 0 Å². The van der Waals surface area contributed by atoms with E-state index in [2.05, 4.69) is 15.0 Å². The maximum Gasteiger partial charge on any atom is 0.230 e. The van der Waals surface area contributed by atoms with Gasteiger partial charge < -0.3 is 9.42 Å². The summed E-state index contributed by atoms with van der Waals surface area (Å²) < 4.78 is 44.9. The Balaban J connectivity index is 1.50. The zero-order valence-electron chi connectivity index (χ0n) is 12.4. The third-order valence-corrected chi connectivity index (χ3v) is 4.63. The van der Waals surface area contributed by atoms with Crippen LogP contribution in [-0.4, -0.2) is 34.2 Å². The van der Waals surface area contributed by atoms with Gasteiger partial charge >= 0.3 is 0 Å². The number of rotatable bonds is 3. The van der Waals surface area contributed by atoms with Gasteiger partial charge in [0.25, 0.3) is 0 Å². The molecule has 0 bridgehead atoms. The molecule has 0 spiro atoms. The molecule has 0 unspecified atom stereocenters. The van der Waals surface area contributed by atoms with Crippen LogP contribution >= 0.6 is 0 Å². The lowest BCUT2D eigenvalue weighted by Gasteiger charge is -2.30. The first-order chi connectivity index (χ1) is 11.1. The molecule has 1 saturated carbocycles. The number of nitrogens with zero attached hydrogens (tertiary/aromatic N) is 3. The summed E-state index contributed by atoms with van der Waals surface area (Å²) in [5, 5.41) is 3.78. The second-order valence-electron chi connectivity index (χ2n) is 6.25. The largest absolute Gasteiger partial charge is 0.339 e. The molecule has 1 aromatic carbocycles. The summed E-state index contributed by atoms with van der Waals surface area (Å²) in [6, 6.07) is 2.50. The number of aromatic nitrogens is 2. The van der Waals surface area contributed by atoms with E-state index >= 15 is 0 Å². The van der Waals surface area contributed by atoms with Crippen LogP contribution in [-0.2, 0) is 0 Å². The standard InChI is InChI=1S/C16H16F3N3O/c17-12-7-10(8-13(18)14(12)19)15-20-16(23-21-15)9-3-5-22(6-4-9)11-1-2-11/h7-9,11H,1-6H2. The molecule has 1 aromatic heterocycles. The molecule has 1 saturated heterocycles. The molecule has 4 rings (SSSR count). The van der Waals surface area contributed by atoms with Gasteiger partial charge in [-0.05, 0) is 50.9 Å². The topological polar surface area (TPSA) is 42.2 Å². The van der Waals surface area contributed by atoms with Gasteiger partial charge in [0.1, 0.15) is 0 Å². The Hall–Kier alpha value is -1.89. The highest BCUT2D eigenvalue weighted by Gasteiger charge is 2.33. The van der Waals surface area contributed by atoms with Gasteiger partial charge in [-0.3, -0.25) is 0 Å². The van der Waals surface area contributed by atoms with Crippen molar-refractivity contribution in [3.05, 3.63) is 35.5 Å². The van der Waals surface area contributed by atoms with E-state index in [1.165, 1.54) is 12.8 Å². The third kappa shape index (κ3) is 2.85. The molecule has 1 aliphatic carbocycles. The van der Waals surface area contributed by atoms with Gasteiger partial charge in [0, 0.05) is 17.5 Å². The summed E-state index contributed by atoms with van der Waals surface area (Å²) >= 11 is 0. The first-order valence-corrected chi connectivity index (χ1v) is 7.84. The van der Waals surface area contributed by atoms with Crippen LogP contribution in [0.3, 0.4) is 0 Å². The highest BCUT2D eigenvalue weighted by atomic mass is 19.2. The predicted molar refractivity (Wildman–Crippen MR) is 76.2 cm³/mol. The average molecular weight is 323 g/mol. The van der Waals surface area contributed by atoms with Crippen LogP contribution < -0.4 is 0 Å². The Morgan fingerprint density at radius 3 is 2.26 bits per heavy atom. The van der Waals surface area contributed by atoms with Crippen molar-refractivity contribution in [2.45, 2.75) is 37.6 Å². The fraction of sp³-hybridized carbons (Fsp3) is 0.500. The van der Waals surface area contributed by atoms with Gasteiger partial charge in [-0.2, -0.15) is 4.98 Å². The van der Waals surface area contributed by atoms with E-state index in [9.17, 15) is 13.2 Å². The number of hydrogen-bond donors (Lipinski definition) is 0. The second-order valence-corrected chi connectivity index (χ2v) is 6.25. The number of likely N-dealkylation sites (tertiary alicyclic amines) is 1. The first-order valence-electron chi connectivity index (χ1n) is 7.84. The molecule has 4 nitrogen and oxygen atoms in total. The quantitative estimate of drug-likeness (QED) is 0.811. The molecule has 122 valence electrons. The fourth-order valence-electron chi connectivity index (χ4n) is 3.15. The molecule has 2 fully saturated rings. The molecule has 1 aliphatic heterocycles. The smallest absolute Gasteiger partial charge is 0.230 e. The lowest BCUT2D eigenvalue weighted by molar-refractivity contribution is 0.186. The lowest BCUT2D eigenvalue weighted by Crippen LogP contribution is -2.34. The van der Waals surface area contributed by atoms with E-state index in [1.54, 1.807) is 0 Å². The third-order valence-electron chi connectivity index (χ3n) is 4.63. The van der Waals surface area contributed by atoms with Gasteiger partial charge in [-0.15, -0.1) is 0 Å². The van der Waals surface area contributed by atoms with Crippen LogP contribution in [0, 0.1) is 17.5 Å². The summed E-state index contributed by atoms with van der Waals surface area (Å²) in [5.74, 6) is -3.28. The predicted octanol–water partition coefficient (Wildman–Crippen LogP) is 3.50. The summed E-state index contributed by atoms with van der Waals surface area (Å²) in [6.45, 7) is 2.01. The van der Waals surface area contributed by atoms with Crippen molar-refractivity contribution in [3.8, 4) is 11.4 Å². The summed E-state index contributed by atoms with van der Waals surface area (Å²) in [6.07, 6.45) is 4.45. The van der Waals surface area contributed by atoms with Gasteiger partial charge in [0.05, 0.1) is 0 Å². The molecule has 0 atom stereocenters. The van der Waals surface area contributed by atoms with Crippen molar-refractivity contribution >= 4 is 0 Å². The highest BCUT2D eigenvalue weighted by Crippen LogP contribution is 2.34. The molecule has 7 heteroatoms. The maximum atomic E-state index is 13.3. The highest BCUT2D eigenvalue weighted by molar-refractivity contribution is 5.54. The van der Waals surface area contributed by atoms with Crippen molar-refractivity contribution in [3.63, 3.8) is 0 Å². The van der Waals surface area contributed by atoms with Crippen LogP contribution in [0.1, 0.15) is 37.5 Å². The lowest BCUT2D eigenvalue weighted by atomic mass is 9.96. The van der Waals surface area contributed by atoms with Crippen LogP contribution in [0.2, 0.25) is 0 Å². The molecule has 23 heavy (non-hydrogen) atoms. The minimum Gasteiger partial charge on any atom is -0.339 e. The van der Waals surface area contributed by atoms with E-state index in [0.29, 0.717) is 5.89 Å². The van der Waals surface area contributed by atoms with Crippen LogP contribution in [0.15, 0.2) is 16.7 Å². The molecular formula is C16H16F3N3O. The van der Waals surface area contributed by atoms with E-state index in [1.807, 2.05) is 0 Å². The van der Waals surface area contributed by atoms with Crippen molar-refractivity contribution < 1.29 is 17.7 Å². The Kier molecular flexibility index (Phi) is 3.60. The monoisotopic (exact) mass is 323 g/mol. The van der Waals surface area contributed by atoms with Gasteiger partial charge in [-0.1, -0.05) is 5.16 Å². The van der Waals surface area contributed by atoms with E-state index in [4.69, 9.17) is 4.52 Å². The second kappa shape index (κ2) is 5.63. The first kappa shape index (κ1) is 14.7. The number of halogens is 3. The molecule has 2 aromatic rings. The molecule has 2 heterocycles. The molecule has 0 radical (unpaired) electrons. The number of hydrogen-bond acceptors (Lipinski definition) is 4. The minimum atomic E-state index is -1.50. The Morgan fingerprint density at radius 2 is 1.65 bits per heavy atom. The molecule has 2 aliphatic rings. The van der Waals surface area contributed by atoms with E-state index in [-0.39, 0.29) is 17.3 Å². The fourth-order valence-corrected chi connectivity index (χ4v) is 3.15. The van der Waals surface area contributed by atoms with Crippen LogP contribution in [0.4, 0.5) is 13.2 Å². The minimum absolute atomic E-state index is 0.0758. The SMILES string of the molecule is Fc1cc(-c2noc(C3CCN(C4CC4)CC3)n2)cc(F)c1F. The number of piperidine rings is 1. The summed E-state index contributed by atoms with van der Waals surface area (Å²) in [4.78, 5) is 6.73. The average Bonchev–Trinajstić information content (AvgIpc) is 3.29. The zero-order chi connectivity index (χ0) is 16.0. The summed E-state index contributed by atoms with van der Waals surface area (Å²) in [7, 11) is 0. The van der Waals surface area contributed by atoms with Crippen LogP contribution in [0.25, 0.3) is 11.4 Å². The normalized spacial score (nSPS) is 20.1. The van der Waals surface area contributed by atoms with E-state index in [0.717, 1.165) is 44.1 Å². The van der Waals surface area contributed by atoms with Crippen molar-refractivity contribution in [1.82, 2.24) is 15.0 Å². The number of benzene rings is 1. The Labute approximate surface area is 131 Å². The molecule has 0 N–H and O–H groups in total. The summed E-state index contributed by atoms with van der Waals surface area (Å²) in [5.41, 5.74) is 0.0758. The molecular weight excluding hydrogens is 307 g/mol. The van der Waals surface area contributed by atoms with Crippen molar-refractivity contribution in [2.75, 3.05) is 13.1 Å². The van der Waals surface area contributed by atoms with Gasteiger partial charge in [0.2, 0.25) is 11.7 Å². The van der Waals surface area contributed by atoms with Crippen LogP contribution in [0.5, 0.6) is 0 Å². The Morgan fingerprint density at radius 1 is 1.00 bits per heavy atom. The van der Waals surface area contributed by atoms with E-state index < -0.39 is 17.5 Å².